The van der Waals surface area contributed by atoms with Crippen molar-refractivity contribution in [2.75, 3.05) is 19.4 Å². The smallest absolute Gasteiger partial charge is 0.308 e. The van der Waals surface area contributed by atoms with Gasteiger partial charge in [0, 0.05) is 0 Å². The Morgan fingerprint density at radius 3 is 2.17 bits per heavy atom. The van der Waals surface area contributed by atoms with E-state index < -0.39 is 7.60 Å². The first kappa shape index (κ1) is 22.9. The lowest BCUT2D eigenvalue weighted by Gasteiger charge is -2.18. The van der Waals surface area contributed by atoms with Crippen molar-refractivity contribution >= 4 is 7.60 Å². The van der Waals surface area contributed by atoms with Gasteiger partial charge in [-0.15, -0.1) is 0 Å². The van der Waals surface area contributed by atoms with Gasteiger partial charge in [0.15, 0.2) is 0 Å². The molecular weight excluding hydrogens is 307 g/mol. The Morgan fingerprint density at radius 1 is 0.870 bits per heavy atom. The minimum Gasteiger partial charge on any atom is -0.308 e. The summed E-state index contributed by atoms with van der Waals surface area (Å²) in [5, 5.41) is 0. The fraction of sp³-hybridized carbons (Fsp3) is 0.895. The molecule has 0 heterocycles. The Bertz CT molecular complexity index is 327. The van der Waals surface area contributed by atoms with Gasteiger partial charge in [-0.25, -0.2) is 0 Å². The van der Waals surface area contributed by atoms with E-state index in [9.17, 15) is 4.57 Å². The molecule has 0 aromatic heterocycles. The van der Waals surface area contributed by atoms with Crippen molar-refractivity contribution in [2.24, 2.45) is 5.92 Å². The molecule has 0 aliphatic heterocycles. The van der Waals surface area contributed by atoms with E-state index in [2.05, 4.69) is 33.8 Å². The summed E-state index contributed by atoms with van der Waals surface area (Å²) in [5.41, 5.74) is 0. The molecule has 0 fully saturated rings. The third-order valence-electron chi connectivity index (χ3n) is 3.65. The Balaban J connectivity index is 3.87. The van der Waals surface area contributed by atoms with Crippen LogP contribution >= 0.6 is 7.60 Å². The largest absolute Gasteiger partial charge is 0.330 e. The second-order valence-electron chi connectivity index (χ2n) is 6.70. The molecule has 1 atom stereocenters. The predicted molar refractivity (Wildman–Crippen MR) is 101 cm³/mol. The van der Waals surface area contributed by atoms with Gasteiger partial charge in [0.2, 0.25) is 0 Å². The van der Waals surface area contributed by atoms with Gasteiger partial charge >= 0.3 is 7.60 Å². The van der Waals surface area contributed by atoms with E-state index in [0.717, 1.165) is 19.3 Å². The summed E-state index contributed by atoms with van der Waals surface area (Å²) in [4.78, 5) is 0. The number of hydrogen-bond acceptors (Lipinski definition) is 3. The van der Waals surface area contributed by atoms with E-state index in [0.29, 0.717) is 25.3 Å². The fourth-order valence-electron chi connectivity index (χ4n) is 2.17. The normalized spacial score (nSPS) is 14.7. The van der Waals surface area contributed by atoms with E-state index in [1.54, 1.807) is 0 Å². The molecule has 3 nitrogen and oxygen atoms in total. The van der Waals surface area contributed by atoms with Crippen LogP contribution in [0, 0.1) is 5.92 Å². The molecule has 0 aliphatic carbocycles. The molecule has 0 spiro atoms. The van der Waals surface area contributed by atoms with Gasteiger partial charge in [-0.2, -0.15) is 0 Å². The predicted octanol–water partition coefficient (Wildman–Crippen LogP) is 6.98. The molecule has 4 heteroatoms. The monoisotopic (exact) mass is 346 g/mol. The van der Waals surface area contributed by atoms with Crippen molar-refractivity contribution in [3.63, 3.8) is 0 Å². The van der Waals surface area contributed by atoms with E-state index >= 15 is 0 Å². The second-order valence-corrected chi connectivity index (χ2v) is 8.89. The molecule has 0 saturated heterocycles. The van der Waals surface area contributed by atoms with Gasteiger partial charge in [-0.3, -0.25) is 4.57 Å². The van der Waals surface area contributed by atoms with Crippen molar-refractivity contribution in [3.05, 3.63) is 12.2 Å². The average molecular weight is 346 g/mol. The lowest BCUT2D eigenvalue weighted by Crippen LogP contribution is -2.05. The van der Waals surface area contributed by atoms with E-state index in [4.69, 9.17) is 9.05 Å². The van der Waals surface area contributed by atoms with E-state index in [1.165, 1.54) is 38.5 Å². The van der Waals surface area contributed by atoms with Crippen molar-refractivity contribution < 1.29 is 13.6 Å². The van der Waals surface area contributed by atoms with Crippen LogP contribution in [0.5, 0.6) is 0 Å². The Kier molecular flexibility index (Phi) is 15.3. The maximum absolute atomic E-state index is 12.6. The van der Waals surface area contributed by atoms with Gasteiger partial charge in [0.25, 0.3) is 0 Å². The first-order valence-electron chi connectivity index (χ1n) is 9.57. The molecule has 0 N–H and O–H groups in total. The maximum atomic E-state index is 12.6. The molecule has 23 heavy (non-hydrogen) atoms. The minimum absolute atomic E-state index is 0.372. The minimum atomic E-state index is -2.91. The lowest BCUT2D eigenvalue weighted by atomic mass is 10.1. The number of allylic oxidation sites excluding steroid dienone is 1. The standard InChI is InChI=1S/C19H39O3P/c1-5-7-9-10-11-12-13-14-15-16-21-23(20,17-8-6-2)22-18-19(3)4/h14-15,19H,5-13,16-18H2,1-4H3/b15-14+. The molecule has 138 valence electrons. The number of unbranched alkanes of at least 4 members (excludes halogenated alkanes) is 7. The van der Waals surface area contributed by atoms with Crippen LogP contribution in [0.3, 0.4) is 0 Å². The van der Waals surface area contributed by atoms with Crippen LogP contribution in [0.2, 0.25) is 0 Å². The highest BCUT2D eigenvalue weighted by atomic mass is 31.2. The van der Waals surface area contributed by atoms with Crippen molar-refractivity contribution in [2.45, 2.75) is 85.5 Å². The van der Waals surface area contributed by atoms with Crippen LogP contribution in [-0.2, 0) is 13.6 Å². The van der Waals surface area contributed by atoms with Gasteiger partial charge in [-0.05, 0) is 25.2 Å². The van der Waals surface area contributed by atoms with Crippen LogP contribution in [-0.4, -0.2) is 19.4 Å². The summed E-state index contributed by atoms with van der Waals surface area (Å²) in [6.45, 7) is 9.35. The summed E-state index contributed by atoms with van der Waals surface area (Å²) in [5.74, 6) is 0.372. The second kappa shape index (κ2) is 15.4. The summed E-state index contributed by atoms with van der Waals surface area (Å²) in [6, 6.07) is 0. The topological polar surface area (TPSA) is 35.5 Å². The average Bonchev–Trinajstić information content (AvgIpc) is 2.53. The lowest BCUT2D eigenvalue weighted by molar-refractivity contribution is 0.198. The van der Waals surface area contributed by atoms with E-state index in [1.807, 2.05) is 6.08 Å². The molecule has 0 saturated carbocycles. The Morgan fingerprint density at radius 2 is 1.52 bits per heavy atom. The fourth-order valence-corrected chi connectivity index (χ4v) is 4.04. The number of hydrogen-bond donors (Lipinski definition) is 0. The van der Waals surface area contributed by atoms with E-state index in [-0.39, 0.29) is 0 Å². The van der Waals surface area contributed by atoms with Gasteiger partial charge < -0.3 is 9.05 Å². The first-order chi connectivity index (χ1) is 11.0. The van der Waals surface area contributed by atoms with Crippen molar-refractivity contribution in [1.82, 2.24) is 0 Å². The van der Waals surface area contributed by atoms with Crippen molar-refractivity contribution in [1.29, 1.82) is 0 Å². The molecule has 0 aliphatic rings. The highest BCUT2D eigenvalue weighted by Crippen LogP contribution is 2.49. The zero-order valence-corrected chi connectivity index (χ0v) is 16.8. The SMILES string of the molecule is CCCCCCCC/C=C/COP(=O)(CCCC)OCC(C)C. The van der Waals surface area contributed by atoms with Crippen LogP contribution in [0.4, 0.5) is 0 Å². The molecule has 0 aromatic rings. The third kappa shape index (κ3) is 15.2. The zero-order chi connectivity index (χ0) is 17.4. The molecule has 0 radical (unpaired) electrons. The first-order valence-corrected chi connectivity index (χ1v) is 11.3. The summed E-state index contributed by atoms with van der Waals surface area (Å²) in [7, 11) is -2.91. The Hall–Kier alpha value is -0.110. The number of rotatable bonds is 16. The molecular formula is C19H39O3P. The molecule has 0 aromatic carbocycles. The summed E-state index contributed by atoms with van der Waals surface area (Å²) < 4.78 is 23.8. The third-order valence-corrected chi connectivity index (χ3v) is 5.60. The summed E-state index contributed by atoms with van der Waals surface area (Å²) in [6.07, 6.45) is 15.5. The molecule has 0 bridgehead atoms. The van der Waals surface area contributed by atoms with Crippen molar-refractivity contribution in [3.8, 4) is 0 Å². The van der Waals surface area contributed by atoms with Gasteiger partial charge in [0.05, 0.1) is 19.4 Å². The molecule has 1 unspecified atom stereocenters. The highest BCUT2D eigenvalue weighted by molar-refractivity contribution is 7.53. The molecule has 0 amide bonds. The highest BCUT2D eigenvalue weighted by Gasteiger charge is 2.23. The Labute approximate surface area is 144 Å². The van der Waals surface area contributed by atoms with Gasteiger partial charge in [0.1, 0.15) is 0 Å². The van der Waals surface area contributed by atoms with Crippen LogP contribution in [0.1, 0.15) is 85.5 Å². The quantitative estimate of drug-likeness (QED) is 0.172. The zero-order valence-electron chi connectivity index (χ0n) is 15.9. The molecule has 0 rings (SSSR count). The van der Waals surface area contributed by atoms with Crippen LogP contribution in [0.15, 0.2) is 12.2 Å². The van der Waals surface area contributed by atoms with Crippen LogP contribution < -0.4 is 0 Å². The van der Waals surface area contributed by atoms with Gasteiger partial charge in [-0.1, -0.05) is 78.4 Å². The maximum Gasteiger partial charge on any atom is 0.330 e. The van der Waals surface area contributed by atoms with Crippen LogP contribution in [0.25, 0.3) is 0 Å². The summed E-state index contributed by atoms with van der Waals surface area (Å²) >= 11 is 0.